The fourth-order valence-electron chi connectivity index (χ4n) is 2.20. The van der Waals surface area contributed by atoms with Gasteiger partial charge in [-0.05, 0) is 22.9 Å². The summed E-state index contributed by atoms with van der Waals surface area (Å²) in [6, 6.07) is 11.4. The zero-order chi connectivity index (χ0) is 14.7. The molecule has 0 bridgehead atoms. The van der Waals surface area contributed by atoms with Gasteiger partial charge >= 0.3 is 0 Å². The molecule has 6 nitrogen and oxygen atoms in total. The van der Waals surface area contributed by atoms with Gasteiger partial charge in [0.05, 0.1) is 5.56 Å². The highest BCUT2D eigenvalue weighted by molar-refractivity contribution is 6.03. The van der Waals surface area contributed by atoms with Crippen LogP contribution in [0.25, 0.3) is 10.8 Å². The number of nitrogens with one attached hydrogen (secondary N) is 2. The van der Waals surface area contributed by atoms with Crippen molar-refractivity contribution in [3.05, 3.63) is 54.1 Å². The fraction of sp³-hybridized carbons (Fsp3) is 0.133. The minimum atomic E-state index is -0.183. The predicted octanol–water partition coefficient (Wildman–Crippen LogP) is 1.51. The predicted molar refractivity (Wildman–Crippen MR) is 80.8 cm³/mol. The third kappa shape index (κ3) is 2.84. The second kappa shape index (κ2) is 5.62. The van der Waals surface area contributed by atoms with Gasteiger partial charge in [0, 0.05) is 18.7 Å². The molecule has 3 rings (SSSR count). The van der Waals surface area contributed by atoms with Gasteiger partial charge < -0.3 is 11.1 Å². The summed E-state index contributed by atoms with van der Waals surface area (Å²) in [4.78, 5) is 16.2. The van der Waals surface area contributed by atoms with Crippen molar-refractivity contribution in [2.45, 2.75) is 6.42 Å². The number of hydrogen-bond donors (Lipinski definition) is 3. The minimum Gasteiger partial charge on any atom is -0.398 e. The normalized spacial score (nSPS) is 10.7. The summed E-state index contributed by atoms with van der Waals surface area (Å²) in [7, 11) is 0. The van der Waals surface area contributed by atoms with Crippen molar-refractivity contribution < 1.29 is 4.79 Å². The number of hydrogen-bond acceptors (Lipinski definition) is 4. The smallest absolute Gasteiger partial charge is 0.253 e. The molecule has 0 atom stereocenters. The Hall–Kier alpha value is -2.89. The monoisotopic (exact) mass is 281 g/mol. The average molecular weight is 281 g/mol. The summed E-state index contributed by atoms with van der Waals surface area (Å²) in [5.74, 6) is 0.555. The van der Waals surface area contributed by atoms with Crippen LogP contribution in [0.3, 0.4) is 0 Å². The van der Waals surface area contributed by atoms with Crippen molar-refractivity contribution in [1.29, 1.82) is 0 Å². The number of H-pyrrole nitrogens is 1. The van der Waals surface area contributed by atoms with Crippen LogP contribution in [0.1, 0.15) is 16.2 Å². The van der Waals surface area contributed by atoms with Crippen molar-refractivity contribution in [3.63, 3.8) is 0 Å². The van der Waals surface area contributed by atoms with Gasteiger partial charge in [-0.3, -0.25) is 9.89 Å². The van der Waals surface area contributed by atoms with Gasteiger partial charge in [0.25, 0.3) is 5.91 Å². The molecule has 3 aromatic rings. The first-order valence-corrected chi connectivity index (χ1v) is 6.65. The highest BCUT2D eigenvalue weighted by Crippen LogP contribution is 2.21. The molecule has 0 aliphatic rings. The average Bonchev–Trinajstić information content (AvgIpc) is 2.99. The Balaban J connectivity index is 1.73. The first-order valence-electron chi connectivity index (χ1n) is 6.65. The molecular weight excluding hydrogens is 266 g/mol. The highest BCUT2D eigenvalue weighted by atomic mass is 16.1. The van der Waals surface area contributed by atoms with Gasteiger partial charge in [-0.25, -0.2) is 4.98 Å². The van der Waals surface area contributed by atoms with E-state index in [2.05, 4.69) is 20.5 Å². The van der Waals surface area contributed by atoms with Crippen LogP contribution >= 0.6 is 0 Å². The van der Waals surface area contributed by atoms with E-state index in [1.807, 2.05) is 36.4 Å². The number of amides is 1. The highest BCUT2D eigenvalue weighted by Gasteiger charge is 2.10. The summed E-state index contributed by atoms with van der Waals surface area (Å²) in [6.07, 6.45) is 2.04. The van der Waals surface area contributed by atoms with E-state index in [1.165, 1.54) is 6.33 Å². The van der Waals surface area contributed by atoms with E-state index in [9.17, 15) is 4.79 Å². The van der Waals surface area contributed by atoms with Gasteiger partial charge in [-0.2, -0.15) is 5.10 Å². The summed E-state index contributed by atoms with van der Waals surface area (Å²) >= 11 is 0. The van der Waals surface area contributed by atoms with Crippen LogP contribution in [0.4, 0.5) is 5.69 Å². The minimum absolute atomic E-state index is 0.183. The lowest BCUT2D eigenvalue weighted by molar-refractivity contribution is 0.0955. The number of nitrogens with zero attached hydrogens (tertiary/aromatic N) is 2. The molecule has 0 radical (unpaired) electrons. The van der Waals surface area contributed by atoms with Crippen LogP contribution in [-0.4, -0.2) is 27.6 Å². The molecule has 1 amide bonds. The van der Waals surface area contributed by atoms with E-state index in [1.54, 1.807) is 0 Å². The Morgan fingerprint density at radius 1 is 1.24 bits per heavy atom. The van der Waals surface area contributed by atoms with Crippen LogP contribution in [0, 0.1) is 0 Å². The molecule has 1 aromatic heterocycles. The molecule has 2 aromatic carbocycles. The molecule has 0 saturated carbocycles. The zero-order valence-corrected chi connectivity index (χ0v) is 11.3. The molecule has 0 spiro atoms. The van der Waals surface area contributed by atoms with E-state index in [-0.39, 0.29) is 5.91 Å². The second-order valence-electron chi connectivity index (χ2n) is 4.72. The van der Waals surface area contributed by atoms with Crippen molar-refractivity contribution in [3.8, 4) is 0 Å². The van der Waals surface area contributed by atoms with Gasteiger partial charge in [0.2, 0.25) is 0 Å². The molecule has 106 valence electrons. The van der Waals surface area contributed by atoms with Crippen LogP contribution in [0.2, 0.25) is 0 Å². The van der Waals surface area contributed by atoms with E-state index >= 15 is 0 Å². The fourth-order valence-corrected chi connectivity index (χ4v) is 2.20. The molecule has 1 heterocycles. The summed E-state index contributed by atoms with van der Waals surface area (Å²) in [5, 5.41) is 11.4. The Bertz CT molecular complexity index is 767. The van der Waals surface area contributed by atoms with Gasteiger partial charge in [-0.15, -0.1) is 0 Å². The molecular formula is C15H15N5O. The Labute approximate surface area is 121 Å². The maximum atomic E-state index is 12.2. The van der Waals surface area contributed by atoms with Gasteiger partial charge in [0.1, 0.15) is 12.2 Å². The van der Waals surface area contributed by atoms with Crippen molar-refractivity contribution in [2.75, 3.05) is 12.3 Å². The van der Waals surface area contributed by atoms with Crippen molar-refractivity contribution in [1.82, 2.24) is 20.5 Å². The summed E-state index contributed by atoms with van der Waals surface area (Å²) < 4.78 is 0. The molecule has 0 saturated heterocycles. The van der Waals surface area contributed by atoms with Crippen LogP contribution in [0.15, 0.2) is 42.7 Å². The largest absolute Gasteiger partial charge is 0.398 e. The lowest BCUT2D eigenvalue weighted by Crippen LogP contribution is -2.26. The van der Waals surface area contributed by atoms with Crippen LogP contribution in [0.5, 0.6) is 0 Å². The van der Waals surface area contributed by atoms with Crippen molar-refractivity contribution >= 4 is 22.4 Å². The number of nitrogen functional groups attached to an aromatic ring is 1. The molecule has 4 N–H and O–H groups in total. The molecule has 6 heteroatoms. The number of aromatic nitrogens is 3. The Morgan fingerprint density at radius 3 is 2.71 bits per heavy atom. The Morgan fingerprint density at radius 2 is 2.00 bits per heavy atom. The number of rotatable bonds is 4. The third-order valence-corrected chi connectivity index (χ3v) is 3.27. The third-order valence-electron chi connectivity index (χ3n) is 3.27. The lowest BCUT2D eigenvalue weighted by Gasteiger charge is -2.08. The first-order chi connectivity index (χ1) is 10.2. The maximum absolute atomic E-state index is 12.2. The number of anilines is 1. The SMILES string of the molecule is Nc1cc2ccccc2cc1C(=O)NCCc1ncn[nH]1. The second-order valence-corrected chi connectivity index (χ2v) is 4.72. The maximum Gasteiger partial charge on any atom is 0.253 e. The van der Waals surface area contributed by atoms with E-state index in [4.69, 9.17) is 5.73 Å². The van der Waals surface area contributed by atoms with Gasteiger partial charge in [-0.1, -0.05) is 24.3 Å². The first kappa shape index (κ1) is 13.1. The Kier molecular flexibility index (Phi) is 3.51. The van der Waals surface area contributed by atoms with Crippen LogP contribution in [-0.2, 0) is 6.42 Å². The van der Waals surface area contributed by atoms with Crippen LogP contribution < -0.4 is 11.1 Å². The van der Waals surface area contributed by atoms with E-state index < -0.39 is 0 Å². The number of carbonyl (C=O) groups is 1. The molecule has 0 aliphatic heterocycles. The lowest BCUT2D eigenvalue weighted by atomic mass is 10.0. The topological polar surface area (TPSA) is 96.7 Å². The molecule has 21 heavy (non-hydrogen) atoms. The molecule has 0 fully saturated rings. The molecule has 0 unspecified atom stereocenters. The van der Waals surface area contributed by atoms with E-state index in [0.717, 1.165) is 16.6 Å². The van der Waals surface area contributed by atoms with Gasteiger partial charge in [0.15, 0.2) is 0 Å². The summed E-state index contributed by atoms with van der Waals surface area (Å²) in [5.41, 5.74) is 6.93. The summed E-state index contributed by atoms with van der Waals surface area (Å²) in [6.45, 7) is 0.473. The van der Waals surface area contributed by atoms with Crippen molar-refractivity contribution in [2.24, 2.45) is 0 Å². The number of benzene rings is 2. The quantitative estimate of drug-likeness (QED) is 0.631. The number of nitrogens with two attached hydrogens (primary N) is 1. The zero-order valence-electron chi connectivity index (χ0n) is 11.3. The standard InChI is InChI=1S/C15H15N5O/c16-13-8-11-4-2-1-3-10(11)7-12(13)15(21)17-6-5-14-18-9-19-20-14/h1-4,7-9H,5-6,16H2,(H,17,21)(H,18,19,20). The number of carbonyl (C=O) groups excluding carboxylic acids is 1. The van der Waals surface area contributed by atoms with E-state index in [0.29, 0.717) is 24.2 Å². The molecule has 0 aliphatic carbocycles. The number of fused-ring (bicyclic) bond motifs is 1. The number of aromatic amines is 1.